The molecule has 0 spiro atoms. The zero-order chi connectivity index (χ0) is 18.6. The summed E-state index contributed by atoms with van der Waals surface area (Å²) in [5.41, 5.74) is -0.579. The second-order valence-corrected chi connectivity index (χ2v) is 8.29. The highest BCUT2D eigenvalue weighted by Crippen LogP contribution is 2.29. The Morgan fingerprint density at radius 3 is 2.60 bits per heavy atom. The molecule has 0 radical (unpaired) electrons. The lowest BCUT2D eigenvalue weighted by molar-refractivity contribution is -0.120. The molecule has 1 fully saturated rings. The maximum Gasteiger partial charge on any atom is 0.410 e. The average molecular weight is 369 g/mol. The number of likely N-dealkylation sites (tertiary alicyclic amines) is 1. The largest absolute Gasteiger partial charge is 0.444 e. The van der Waals surface area contributed by atoms with Gasteiger partial charge >= 0.3 is 6.09 Å². The molecule has 1 saturated heterocycles. The number of anilines is 1. The van der Waals surface area contributed by atoms with Crippen LogP contribution in [0.1, 0.15) is 71.2 Å². The molecule has 1 N–H and O–H groups in total. The van der Waals surface area contributed by atoms with Crippen LogP contribution in [-0.4, -0.2) is 45.3 Å². The Morgan fingerprint density at radius 1 is 1.32 bits per heavy atom. The van der Waals surface area contributed by atoms with Crippen molar-refractivity contribution >= 4 is 28.5 Å². The Labute approximate surface area is 153 Å². The molecule has 140 valence electrons. The van der Waals surface area contributed by atoms with E-state index >= 15 is 0 Å². The van der Waals surface area contributed by atoms with Crippen LogP contribution in [0.15, 0.2) is 0 Å². The zero-order valence-electron chi connectivity index (χ0n) is 15.7. The first-order chi connectivity index (χ1) is 11.7. The fourth-order valence-corrected chi connectivity index (χ4v) is 3.87. The predicted octanol–water partition coefficient (Wildman–Crippen LogP) is 3.78. The lowest BCUT2D eigenvalue weighted by Gasteiger charge is -2.27. The third-order valence-corrected chi connectivity index (χ3v) is 5.19. The van der Waals surface area contributed by atoms with Crippen molar-refractivity contribution in [3.05, 3.63) is 5.01 Å². The first-order valence-electron chi connectivity index (χ1n) is 8.89. The van der Waals surface area contributed by atoms with Gasteiger partial charge in [0.2, 0.25) is 11.0 Å². The lowest BCUT2D eigenvalue weighted by Crippen LogP contribution is -2.45. The van der Waals surface area contributed by atoms with E-state index in [4.69, 9.17) is 4.74 Å². The van der Waals surface area contributed by atoms with Crippen LogP contribution in [0.5, 0.6) is 0 Å². The summed E-state index contributed by atoms with van der Waals surface area (Å²) < 4.78 is 5.40. The Hall–Kier alpha value is -1.70. The molecular formula is C17H28N4O3S. The summed E-state index contributed by atoms with van der Waals surface area (Å²) in [6.45, 7) is 10.2. The van der Waals surface area contributed by atoms with Crippen molar-refractivity contribution in [2.75, 3.05) is 11.9 Å². The van der Waals surface area contributed by atoms with Crippen molar-refractivity contribution in [1.82, 2.24) is 15.1 Å². The van der Waals surface area contributed by atoms with Crippen LogP contribution in [0.3, 0.4) is 0 Å². The van der Waals surface area contributed by atoms with Crippen LogP contribution < -0.4 is 5.32 Å². The summed E-state index contributed by atoms with van der Waals surface area (Å²) in [5.74, 6) is 0.142. The van der Waals surface area contributed by atoms with E-state index < -0.39 is 17.7 Å². The monoisotopic (exact) mass is 368 g/mol. The molecule has 0 unspecified atom stereocenters. The highest BCUT2D eigenvalue weighted by atomic mass is 32.1. The van der Waals surface area contributed by atoms with Crippen LogP contribution in [-0.2, 0) is 9.53 Å². The van der Waals surface area contributed by atoms with Crippen LogP contribution in [0, 0.1) is 0 Å². The number of ether oxygens (including phenoxy) is 1. The topological polar surface area (TPSA) is 84.4 Å². The maximum absolute atomic E-state index is 12.6. The molecule has 1 atom stereocenters. The number of nitrogens with zero attached hydrogens (tertiary/aromatic N) is 3. The van der Waals surface area contributed by atoms with Gasteiger partial charge in [-0.2, -0.15) is 0 Å². The number of hydrogen-bond acceptors (Lipinski definition) is 6. The summed E-state index contributed by atoms with van der Waals surface area (Å²) >= 11 is 1.41. The number of amides is 2. The van der Waals surface area contributed by atoms with Gasteiger partial charge in [-0.15, -0.1) is 10.2 Å². The Kier molecular flexibility index (Phi) is 6.37. The molecule has 0 aliphatic carbocycles. The second kappa shape index (κ2) is 8.12. The van der Waals surface area contributed by atoms with Gasteiger partial charge in [-0.25, -0.2) is 4.79 Å². The van der Waals surface area contributed by atoms with E-state index in [1.54, 1.807) is 0 Å². The molecule has 2 heterocycles. The summed E-state index contributed by atoms with van der Waals surface area (Å²) in [5, 5.41) is 12.5. The highest BCUT2D eigenvalue weighted by Gasteiger charge is 2.37. The van der Waals surface area contributed by atoms with Crippen molar-refractivity contribution in [3.8, 4) is 0 Å². The van der Waals surface area contributed by atoms with E-state index in [0.29, 0.717) is 24.0 Å². The number of hydrogen-bond donors (Lipinski definition) is 1. The van der Waals surface area contributed by atoms with E-state index in [-0.39, 0.29) is 5.91 Å². The minimum atomic E-state index is -0.579. The van der Waals surface area contributed by atoms with Crippen molar-refractivity contribution in [2.45, 2.75) is 77.9 Å². The molecule has 1 aliphatic rings. The third-order valence-electron chi connectivity index (χ3n) is 4.19. The van der Waals surface area contributed by atoms with Crippen LogP contribution in [0.2, 0.25) is 0 Å². The van der Waals surface area contributed by atoms with Gasteiger partial charge in [0.25, 0.3) is 0 Å². The molecule has 0 saturated carbocycles. The molecule has 25 heavy (non-hydrogen) atoms. The second-order valence-electron chi connectivity index (χ2n) is 7.28. The number of aromatic nitrogens is 2. The Morgan fingerprint density at radius 2 is 2.00 bits per heavy atom. The standard InChI is InChI=1S/C17H28N4O3S/c1-6-11(7-2)14-19-20-15(25-14)18-13(22)12-9-8-10-21(12)16(23)24-17(3,4)5/h11-12H,6-10H2,1-5H3,(H,18,20,22)/t12-/m0/s1. The quantitative estimate of drug-likeness (QED) is 0.855. The SMILES string of the molecule is CCC(CC)c1nnc(NC(=O)[C@@H]2CCCN2C(=O)OC(C)(C)C)s1. The summed E-state index contributed by atoms with van der Waals surface area (Å²) in [7, 11) is 0. The molecule has 0 bridgehead atoms. The maximum atomic E-state index is 12.6. The zero-order valence-corrected chi connectivity index (χ0v) is 16.5. The van der Waals surface area contributed by atoms with Crippen molar-refractivity contribution in [3.63, 3.8) is 0 Å². The molecule has 1 aliphatic heterocycles. The molecule has 0 aromatic carbocycles. The van der Waals surface area contributed by atoms with Gasteiger partial charge < -0.3 is 4.74 Å². The normalized spacial score (nSPS) is 17.8. The summed E-state index contributed by atoms with van der Waals surface area (Å²) in [4.78, 5) is 26.4. The fraction of sp³-hybridized carbons (Fsp3) is 0.765. The third kappa shape index (κ3) is 5.14. The number of carbonyl (C=O) groups excluding carboxylic acids is 2. The van der Waals surface area contributed by atoms with E-state index in [1.807, 2.05) is 20.8 Å². The van der Waals surface area contributed by atoms with Crippen LogP contribution in [0.4, 0.5) is 9.93 Å². The summed E-state index contributed by atoms with van der Waals surface area (Å²) in [6, 6.07) is -0.518. The van der Waals surface area contributed by atoms with Gasteiger partial charge in [-0.05, 0) is 46.5 Å². The van der Waals surface area contributed by atoms with E-state index in [1.165, 1.54) is 16.2 Å². The Bertz CT molecular complexity index is 607. The molecule has 8 heteroatoms. The minimum Gasteiger partial charge on any atom is -0.444 e. The van der Waals surface area contributed by atoms with Gasteiger partial charge in [0.05, 0.1) is 0 Å². The van der Waals surface area contributed by atoms with Gasteiger partial charge in [0.15, 0.2) is 0 Å². The van der Waals surface area contributed by atoms with Gasteiger partial charge in [0.1, 0.15) is 16.7 Å². The smallest absolute Gasteiger partial charge is 0.410 e. The number of rotatable bonds is 5. The molecule has 2 rings (SSSR count). The van der Waals surface area contributed by atoms with E-state index in [0.717, 1.165) is 24.3 Å². The van der Waals surface area contributed by atoms with Gasteiger partial charge in [-0.3, -0.25) is 15.0 Å². The number of carbonyl (C=O) groups is 2. The molecule has 1 aromatic heterocycles. The average Bonchev–Trinajstić information content (AvgIpc) is 3.16. The predicted molar refractivity (Wildman–Crippen MR) is 97.8 cm³/mol. The molecule has 1 aromatic rings. The molecular weight excluding hydrogens is 340 g/mol. The lowest BCUT2D eigenvalue weighted by atomic mass is 10.1. The Balaban J connectivity index is 2.01. The first-order valence-corrected chi connectivity index (χ1v) is 9.70. The molecule has 7 nitrogen and oxygen atoms in total. The first kappa shape index (κ1) is 19.6. The van der Waals surface area contributed by atoms with Crippen molar-refractivity contribution < 1.29 is 14.3 Å². The molecule has 2 amide bonds. The van der Waals surface area contributed by atoms with Crippen LogP contribution in [0.25, 0.3) is 0 Å². The fourth-order valence-electron chi connectivity index (χ4n) is 2.86. The highest BCUT2D eigenvalue weighted by molar-refractivity contribution is 7.15. The van der Waals surface area contributed by atoms with Crippen molar-refractivity contribution in [2.24, 2.45) is 0 Å². The number of nitrogens with one attached hydrogen (secondary N) is 1. The van der Waals surface area contributed by atoms with Gasteiger partial charge in [0, 0.05) is 12.5 Å². The summed E-state index contributed by atoms with van der Waals surface area (Å²) in [6.07, 6.45) is 2.96. The van der Waals surface area contributed by atoms with Crippen LogP contribution >= 0.6 is 11.3 Å². The van der Waals surface area contributed by atoms with Crippen molar-refractivity contribution in [1.29, 1.82) is 0 Å². The van der Waals surface area contributed by atoms with Gasteiger partial charge in [-0.1, -0.05) is 25.2 Å². The minimum absolute atomic E-state index is 0.226. The van der Waals surface area contributed by atoms with E-state index in [2.05, 4.69) is 29.4 Å². The van der Waals surface area contributed by atoms with E-state index in [9.17, 15) is 9.59 Å².